The molecule has 4 heterocycles. The lowest BCUT2D eigenvalue weighted by Crippen LogP contribution is -2.50. The Labute approximate surface area is 212 Å². The van der Waals surface area contributed by atoms with Crippen LogP contribution in [0.4, 0.5) is 10.6 Å². The molecule has 194 valence electrons. The molecule has 0 radical (unpaired) electrons. The predicted octanol–water partition coefficient (Wildman–Crippen LogP) is 4.52. The summed E-state index contributed by atoms with van der Waals surface area (Å²) in [5, 5.41) is 11.7. The minimum Gasteiger partial charge on any atom is -0.465 e. The molecule has 2 aromatic rings. The Balaban J connectivity index is 1.30. The Morgan fingerprint density at radius 1 is 0.889 bits per heavy atom. The van der Waals surface area contributed by atoms with Gasteiger partial charge in [-0.3, -0.25) is 9.69 Å². The predicted molar refractivity (Wildman–Crippen MR) is 141 cm³/mol. The van der Waals surface area contributed by atoms with Crippen LogP contribution >= 0.6 is 0 Å². The van der Waals surface area contributed by atoms with Crippen molar-refractivity contribution in [3.63, 3.8) is 0 Å². The van der Waals surface area contributed by atoms with Gasteiger partial charge in [0, 0.05) is 37.3 Å². The maximum Gasteiger partial charge on any atom is 0.404 e. The van der Waals surface area contributed by atoms with E-state index in [-0.39, 0.29) is 17.6 Å². The average Bonchev–Trinajstić information content (AvgIpc) is 3.39. The lowest BCUT2D eigenvalue weighted by Gasteiger charge is -2.45. The van der Waals surface area contributed by atoms with Crippen LogP contribution in [0, 0.1) is 0 Å². The number of amides is 1. The molecule has 8 heteroatoms. The molecule has 3 aliphatic heterocycles. The summed E-state index contributed by atoms with van der Waals surface area (Å²) in [5.41, 5.74) is 1.75. The van der Waals surface area contributed by atoms with Crippen LogP contribution in [-0.4, -0.2) is 62.9 Å². The number of piperidine rings is 1. The number of carbonyl (C=O) groups is 1. The van der Waals surface area contributed by atoms with Gasteiger partial charge in [-0.25, -0.2) is 9.78 Å². The summed E-state index contributed by atoms with van der Waals surface area (Å²) >= 11 is 0. The van der Waals surface area contributed by atoms with Crippen LogP contribution in [0.25, 0.3) is 11.0 Å². The molecule has 1 aromatic carbocycles. The Morgan fingerprint density at radius 2 is 1.58 bits per heavy atom. The first-order valence-corrected chi connectivity index (χ1v) is 14.1. The molecule has 1 aromatic heterocycles. The van der Waals surface area contributed by atoms with Crippen molar-refractivity contribution < 1.29 is 9.90 Å². The summed E-state index contributed by atoms with van der Waals surface area (Å²) in [4.78, 5) is 34.8. The number of benzene rings is 1. The Bertz CT molecular complexity index is 1140. The van der Waals surface area contributed by atoms with Gasteiger partial charge in [-0.05, 0) is 57.1 Å². The van der Waals surface area contributed by atoms with Gasteiger partial charge in [0.25, 0.3) is 5.56 Å². The summed E-state index contributed by atoms with van der Waals surface area (Å²) in [7, 11) is 0. The van der Waals surface area contributed by atoms with E-state index in [1.165, 1.54) is 57.8 Å². The van der Waals surface area contributed by atoms with E-state index >= 15 is 0 Å². The number of aromatic nitrogens is 2. The maximum atomic E-state index is 14.0. The second-order valence-corrected chi connectivity index (χ2v) is 11.4. The van der Waals surface area contributed by atoms with Crippen LogP contribution in [0.1, 0.15) is 83.1 Å². The number of para-hydroxylation sites is 2. The van der Waals surface area contributed by atoms with Crippen molar-refractivity contribution in [2.24, 2.45) is 0 Å². The van der Waals surface area contributed by atoms with Crippen LogP contribution < -0.4 is 15.8 Å². The summed E-state index contributed by atoms with van der Waals surface area (Å²) in [5.74, 6) is 0.471. The number of nitrogens with zero attached hydrogens (tertiary/aromatic N) is 4. The van der Waals surface area contributed by atoms with E-state index < -0.39 is 6.09 Å². The topological polar surface area (TPSA) is 90.7 Å². The minimum atomic E-state index is -1.02. The van der Waals surface area contributed by atoms with E-state index in [2.05, 4.69) is 14.8 Å². The third kappa shape index (κ3) is 4.49. The highest BCUT2D eigenvalue weighted by Gasteiger charge is 2.44. The Morgan fingerprint density at radius 3 is 2.31 bits per heavy atom. The number of anilines is 1. The standard InChI is InChI=1S/C28H39N5O3/c34-27-26(31-15-14-19(18-31)29-28(35)36)30-24-10-6-7-11-25(24)33(27)23-16-21-12-13-22(17-23)32(21)20-8-4-2-1-3-5-9-20/h6-7,10-11,19-23,29H,1-5,8-9,12-18H2,(H,35,36)/t19-,21-,22+,23?/m1/s1. The molecule has 1 aliphatic carbocycles. The molecule has 0 spiro atoms. The average molecular weight is 494 g/mol. The van der Waals surface area contributed by atoms with E-state index in [9.17, 15) is 9.59 Å². The summed E-state index contributed by atoms with van der Waals surface area (Å²) in [6, 6.07) is 9.87. The van der Waals surface area contributed by atoms with E-state index in [1.807, 2.05) is 29.2 Å². The molecule has 3 saturated heterocycles. The monoisotopic (exact) mass is 493 g/mol. The highest BCUT2D eigenvalue weighted by atomic mass is 16.4. The number of hydrogen-bond donors (Lipinski definition) is 2. The number of nitrogens with one attached hydrogen (secondary N) is 1. The highest BCUT2D eigenvalue weighted by molar-refractivity contribution is 5.76. The van der Waals surface area contributed by atoms with E-state index in [0.29, 0.717) is 43.5 Å². The lowest BCUT2D eigenvalue weighted by molar-refractivity contribution is 0.0498. The molecule has 8 nitrogen and oxygen atoms in total. The SMILES string of the molecule is O=C(O)N[C@@H]1CCN(c2nc3ccccc3n(C3C[C@H]4CC[C@@H](C3)N4C3CCCCCCC3)c2=O)C1. The Hall–Kier alpha value is -2.61. The third-order valence-electron chi connectivity index (χ3n) is 9.22. The largest absolute Gasteiger partial charge is 0.465 e. The van der Waals surface area contributed by atoms with Gasteiger partial charge in [0.05, 0.1) is 17.1 Å². The van der Waals surface area contributed by atoms with Crippen LogP contribution in [0.3, 0.4) is 0 Å². The molecular weight excluding hydrogens is 454 g/mol. The zero-order valence-corrected chi connectivity index (χ0v) is 21.1. The number of fused-ring (bicyclic) bond motifs is 3. The number of carboxylic acid groups (broad SMARTS) is 1. The number of hydrogen-bond acceptors (Lipinski definition) is 5. The van der Waals surface area contributed by atoms with E-state index in [4.69, 9.17) is 10.1 Å². The van der Waals surface area contributed by atoms with Crippen molar-refractivity contribution in [3.05, 3.63) is 34.6 Å². The van der Waals surface area contributed by atoms with Crippen molar-refractivity contribution in [2.45, 2.75) is 107 Å². The minimum absolute atomic E-state index is 0.0199. The van der Waals surface area contributed by atoms with Crippen molar-refractivity contribution in [1.82, 2.24) is 19.8 Å². The van der Waals surface area contributed by atoms with Crippen molar-refractivity contribution in [1.29, 1.82) is 0 Å². The zero-order valence-electron chi connectivity index (χ0n) is 21.1. The molecule has 4 atom stereocenters. The summed E-state index contributed by atoms with van der Waals surface area (Å²) in [6.07, 6.45) is 13.8. The molecule has 2 bridgehead atoms. The molecule has 1 saturated carbocycles. The Kier molecular flexibility index (Phi) is 6.63. The fourth-order valence-corrected chi connectivity index (χ4v) is 7.68. The number of rotatable bonds is 4. The van der Waals surface area contributed by atoms with Crippen LogP contribution in [0.5, 0.6) is 0 Å². The normalized spacial score (nSPS) is 29.8. The second kappa shape index (κ2) is 10.0. The lowest BCUT2D eigenvalue weighted by atomic mass is 9.89. The van der Waals surface area contributed by atoms with Gasteiger partial charge in [0.2, 0.25) is 0 Å². The maximum absolute atomic E-state index is 14.0. The van der Waals surface area contributed by atoms with Crippen LogP contribution in [-0.2, 0) is 0 Å². The van der Waals surface area contributed by atoms with Gasteiger partial charge in [-0.2, -0.15) is 0 Å². The molecular formula is C28H39N5O3. The van der Waals surface area contributed by atoms with Gasteiger partial charge < -0.3 is 19.9 Å². The van der Waals surface area contributed by atoms with Crippen molar-refractivity contribution in [2.75, 3.05) is 18.0 Å². The van der Waals surface area contributed by atoms with Crippen LogP contribution in [0.15, 0.2) is 29.1 Å². The smallest absolute Gasteiger partial charge is 0.404 e. The van der Waals surface area contributed by atoms with Crippen molar-refractivity contribution in [3.8, 4) is 0 Å². The first-order chi connectivity index (χ1) is 17.6. The van der Waals surface area contributed by atoms with Crippen LogP contribution in [0.2, 0.25) is 0 Å². The molecule has 6 rings (SSSR count). The summed E-state index contributed by atoms with van der Waals surface area (Å²) < 4.78 is 2.05. The summed E-state index contributed by atoms with van der Waals surface area (Å²) in [6.45, 7) is 1.12. The fraction of sp³-hybridized carbons (Fsp3) is 0.679. The van der Waals surface area contributed by atoms with Crippen molar-refractivity contribution >= 4 is 22.9 Å². The third-order valence-corrected chi connectivity index (χ3v) is 9.22. The molecule has 2 N–H and O–H groups in total. The first-order valence-electron chi connectivity index (χ1n) is 14.1. The van der Waals surface area contributed by atoms with Gasteiger partial charge in [0.1, 0.15) is 0 Å². The zero-order chi connectivity index (χ0) is 24.6. The van der Waals surface area contributed by atoms with Gasteiger partial charge >= 0.3 is 6.09 Å². The molecule has 1 unspecified atom stereocenters. The van der Waals surface area contributed by atoms with E-state index in [1.54, 1.807) is 0 Å². The van der Waals surface area contributed by atoms with Gasteiger partial charge in [-0.15, -0.1) is 0 Å². The molecule has 1 amide bonds. The molecule has 4 aliphatic rings. The van der Waals surface area contributed by atoms with Gasteiger partial charge in [0.15, 0.2) is 5.82 Å². The molecule has 36 heavy (non-hydrogen) atoms. The fourth-order valence-electron chi connectivity index (χ4n) is 7.68. The van der Waals surface area contributed by atoms with E-state index in [0.717, 1.165) is 23.9 Å². The highest BCUT2D eigenvalue weighted by Crippen LogP contribution is 2.44. The van der Waals surface area contributed by atoms with Gasteiger partial charge in [-0.1, -0.05) is 44.2 Å². The first kappa shape index (κ1) is 23.8. The second-order valence-electron chi connectivity index (χ2n) is 11.4. The quantitative estimate of drug-likeness (QED) is 0.651. The molecule has 4 fully saturated rings.